The third-order valence-corrected chi connectivity index (χ3v) is 3.73. The van der Waals surface area contributed by atoms with Crippen molar-refractivity contribution in [1.82, 2.24) is 0 Å². The highest BCUT2D eigenvalue weighted by Gasteiger charge is 2.20. The minimum Gasteiger partial charge on any atom is -0.381 e. The van der Waals surface area contributed by atoms with Crippen LogP contribution in [0.1, 0.15) is 51.4 Å². The van der Waals surface area contributed by atoms with E-state index in [1.165, 1.54) is 51.4 Å². The van der Waals surface area contributed by atoms with Crippen LogP contribution in [0, 0.1) is 11.8 Å². The molecule has 1 saturated carbocycles. The Balaban J connectivity index is 1.69. The van der Waals surface area contributed by atoms with Gasteiger partial charge in [-0.2, -0.15) is 0 Å². The first-order chi connectivity index (χ1) is 6.45. The normalized spacial score (nSPS) is 27.7. The molecule has 0 N–H and O–H groups in total. The van der Waals surface area contributed by atoms with Crippen LogP contribution in [0.25, 0.3) is 0 Å². The van der Waals surface area contributed by atoms with Crippen molar-refractivity contribution in [2.24, 2.45) is 11.8 Å². The number of hydrogen-bond donors (Lipinski definition) is 0. The molecule has 0 spiro atoms. The summed E-state index contributed by atoms with van der Waals surface area (Å²) in [6.45, 7) is 2.05. The van der Waals surface area contributed by atoms with Crippen LogP contribution in [0.2, 0.25) is 0 Å². The molecule has 2 rings (SSSR count). The summed E-state index contributed by atoms with van der Waals surface area (Å²) in [5.74, 6) is 2.06. The quantitative estimate of drug-likeness (QED) is 0.636. The van der Waals surface area contributed by atoms with Crippen molar-refractivity contribution in [3.63, 3.8) is 0 Å². The SMILES string of the molecule is C1CCC(CC2CCOCC2)CC1. The van der Waals surface area contributed by atoms with Crippen LogP contribution >= 0.6 is 0 Å². The number of ether oxygens (including phenoxy) is 1. The lowest BCUT2D eigenvalue weighted by atomic mass is 9.80. The second-order valence-electron chi connectivity index (χ2n) is 4.80. The molecule has 1 heterocycles. The van der Waals surface area contributed by atoms with Crippen molar-refractivity contribution in [1.29, 1.82) is 0 Å². The van der Waals surface area contributed by atoms with Gasteiger partial charge in [-0.25, -0.2) is 0 Å². The van der Waals surface area contributed by atoms with Crippen LogP contribution in [-0.4, -0.2) is 13.2 Å². The Labute approximate surface area is 81.9 Å². The zero-order valence-corrected chi connectivity index (χ0v) is 8.63. The fraction of sp³-hybridized carbons (Fsp3) is 1.00. The zero-order chi connectivity index (χ0) is 8.93. The molecule has 1 heteroatoms. The maximum Gasteiger partial charge on any atom is 0.0468 e. The topological polar surface area (TPSA) is 9.23 Å². The molecule has 1 saturated heterocycles. The Hall–Kier alpha value is -0.0400. The maximum atomic E-state index is 5.39. The van der Waals surface area contributed by atoms with Crippen molar-refractivity contribution >= 4 is 0 Å². The minimum absolute atomic E-state index is 0.997. The molecule has 0 atom stereocenters. The predicted molar refractivity (Wildman–Crippen MR) is 54.7 cm³/mol. The molecule has 13 heavy (non-hydrogen) atoms. The van der Waals surface area contributed by atoms with Crippen LogP contribution in [-0.2, 0) is 4.74 Å². The fourth-order valence-electron chi connectivity index (χ4n) is 2.88. The van der Waals surface area contributed by atoms with Crippen LogP contribution in [0.3, 0.4) is 0 Å². The van der Waals surface area contributed by atoms with E-state index in [1.807, 2.05) is 0 Å². The Morgan fingerprint density at radius 3 is 2.08 bits per heavy atom. The fourth-order valence-corrected chi connectivity index (χ4v) is 2.88. The molecule has 1 aliphatic heterocycles. The van der Waals surface area contributed by atoms with Gasteiger partial charge in [0.1, 0.15) is 0 Å². The lowest BCUT2D eigenvalue weighted by Crippen LogP contribution is -2.19. The summed E-state index contributed by atoms with van der Waals surface area (Å²) in [4.78, 5) is 0. The summed E-state index contributed by atoms with van der Waals surface area (Å²) >= 11 is 0. The maximum absolute atomic E-state index is 5.39. The van der Waals surface area contributed by atoms with Gasteiger partial charge in [0.2, 0.25) is 0 Å². The molecular formula is C12H22O. The van der Waals surface area contributed by atoms with E-state index in [2.05, 4.69) is 0 Å². The molecule has 1 aliphatic carbocycles. The van der Waals surface area contributed by atoms with E-state index in [1.54, 1.807) is 0 Å². The first kappa shape index (κ1) is 9.51. The molecule has 0 aromatic carbocycles. The van der Waals surface area contributed by atoms with Crippen LogP contribution in [0.15, 0.2) is 0 Å². The highest BCUT2D eigenvalue weighted by molar-refractivity contribution is 4.72. The Bertz CT molecular complexity index is 116. The average molecular weight is 182 g/mol. The summed E-state index contributed by atoms with van der Waals surface area (Å²) < 4.78 is 5.39. The lowest BCUT2D eigenvalue weighted by molar-refractivity contribution is 0.0562. The van der Waals surface area contributed by atoms with Gasteiger partial charge in [-0.3, -0.25) is 0 Å². The van der Waals surface area contributed by atoms with Crippen LogP contribution < -0.4 is 0 Å². The van der Waals surface area contributed by atoms with Crippen molar-refractivity contribution in [2.45, 2.75) is 51.4 Å². The largest absolute Gasteiger partial charge is 0.381 e. The Kier molecular flexibility index (Phi) is 3.65. The summed E-state index contributed by atoms with van der Waals surface area (Å²) in [5.41, 5.74) is 0. The third-order valence-electron chi connectivity index (χ3n) is 3.73. The van der Waals surface area contributed by atoms with Crippen LogP contribution in [0.4, 0.5) is 0 Å². The van der Waals surface area contributed by atoms with Crippen molar-refractivity contribution in [3.8, 4) is 0 Å². The molecule has 2 aliphatic rings. The van der Waals surface area contributed by atoms with Crippen molar-refractivity contribution in [2.75, 3.05) is 13.2 Å². The number of rotatable bonds is 2. The summed E-state index contributed by atoms with van der Waals surface area (Å²) in [5, 5.41) is 0. The smallest absolute Gasteiger partial charge is 0.0468 e. The van der Waals surface area contributed by atoms with Crippen molar-refractivity contribution in [3.05, 3.63) is 0 Å². The van der Waals surface area contributed by atoms with E-state index in [4.69, 9.17) is 4.74 Å². The van der Waals surface area contributed by atoms with E-state index < -0.39 is 0 Å². The van der Waals surface area contributed by atoms with Gasteiger partial charge in [0, 0.05) is 13.2 Å². The monoisotopic (exact) mass is 182 g/mol. The van der Waals surface area contributed by atoms with Gasteiger partial charge in [0.25, 0.3) is 0 Å². The minimum atomic E-state index is 0.997. The molecule has 0 aromatic rings. The van der Waals surface area contributed by atoms with E-state index in [0.717, 1.165) is 25.0 Å². The van der Waals surface area contributed by atoms with E-state index in [-0.39, 0.29) is 0 Å². The molecule has 2 fully saturated rings. The van der Waals surface area contributed by atoms with Gasteiger partial charge in [-0.1, -0.05) is 32.1 Å². The van der Waals surface area contributed by atoms with Crippen LogP contribution in [0.5, 0.6) is 0 Å². The highest BCUT2D eigenvalue weighted by atomic mass is 16.5. The molecule has 0 unspecified atom stereocenters. The summed E-state index contributed by atoms with van der Waals surface area (Å²) in [6.07, 6.45) is 11.7. The van der Waals surface area contributed by atoms with Gasteiger partial charge in [0.05, 0.1) is 0 Å². The molecule has 0 bridgehead atoms. The Morgan fingerprint density at radius 2 is 1.38 bits per heavy atom. The average Bonchev–Trinajstić information content (AvgIpc) is 2.21. The molecule has 1 nitrogen and oxygen atoms in total. The van der Waals surface area contributed by atoms with Gasteiger partial charge >= 0.3 is 0 Å². The molecule has 0 amide bonds. The second-order valence-corrected chi connectivity index (χ2v) is 4.80. The molecule has 76 valence electrons. The van der Waals surface area contributed by atoms with E-state index in [0.29, 0.717) is 0 Å². The molecule has 0 aromatic heterocycles. The van der Waals surface area contributed by atoms with Gasteiger partial charge in [-0.15, -0.1) is 0 Å². The second kappa shape index (κ2) is 4.99. The van der Waals surface area contributed by atoms with E-state index in [9.17, 15) is 0 Å². The predicted octanol–water partition coefficient (Wildman–Crippen LogP) is 3.38. The summed E-state index contributed by atoms with van der Waals surface area (Å²) in [6, 6.07) is 0. The standard InChI is InChI=1S/C12H22O/c1-2-4-11(5-3-1)10-12-6-8-13-9-7-12/h11-12H,1-10H2. The lowest BCUT2D eigenvalue weighted by Gasteiger charge is -2.28. The highest BCUT2D eigenvalue weighted by Crippen LogP contribution is 2.32. The molecular weight excluding hydrogens is 160 g/mol. The third kappa shape index (κ3) is 2.98. The molecule has 0 radical (unpaired) electrons. The first-order valence-electron chi connectivity index (χ1n) is 6.03. The van der Waals surface area contributed by atoms with Gasteiger partial charge in [-0.05, 0) is 31.1 Å². The van der Waals surface area contributed by atoms with Gasteiger partial charge < -0.3 is 4.74 Å². The van der Waals surface area contributed by atoms with Gasteiger partial charge in [0.15, 0.2) is 0 Å². The first-order valence-corrected chi connectivity index (χ1v) is 6.03. The zero-order valence-electron chi connectivity index (χ0n) is 8.63. The van der Waals surface area contributed by atoms with E-state index >= 15 is 0 Å². The summed E-state index contributed by atoms with van der Waals surface area (Å²) in [7, 11) is 0. The Morgan fingerprint density at radius 1 is 0.769 bits per heavy atom. The number of hydrogen-bond acceptors (Lipinski definition) is 1. The van der Waals surface area contributed by atoms with Crippen molar-refractivity contribution < 1.29 is 4.74 Å².